The van der Waals surface area contributed by atoms with Crippen molar-refractivity contribution in [3.8, 4) is 0 Å². The van der Waals surface area contributed by atoms with Crippen LogP contribution in [-0.4, -0.2) is 136 Å². The van der Waals surface area contributed by atoms with Crippen molar-refractivity contribution in [1.82, 2.24) is 0 Å². The molecule has 0 N–H and O–H groups in total. The smallest absolute Gasteiger partial charge is 0.305 e. The van der Waals surface area contributed by atoms with Crippen LogP contribution in [0.3, 0.4) is 0 Å². The topological polar surface area (TPSA) is 136 Å². The fourth-order valence-electron chi connectivity index (χ4n) is 6.06. The van der Waals surface area contributed by atoms with Crippen molar-refractivity contribution in [3.63, 3.8) is 0 Å². The maximum Gasteiger partial charge on any atom is 0.305 e. The van der Waals surface area contributed by atoms with Gasteiger partial charge in [0.25, 0.3) is 0 Å². The number of ether oxygens (including phenoxy) is 5. The Balaban J connectivity index is 2.72. The average molecular weight is 859 g/mol. The molecule has 2 aliphatic heterocycles. The third-order valence-electron chi connectivity index (χ3n) is 7.28. The highest BCUT2D eigenvalue weighted by atomic mass is 28.4. The van der Waals surface area contributed by atoms with Crippen LogP contribution < -0.4 is 0 Å². The predicted octanol–water partition coefficient (Wildman–Crippen LogP) is 6.90. The lowest BCUT2D eigenvalue weighted by Crippen LogP contribution is -2.68. The zero-order valence-electron chi connectivity index (χ0n) is 36.5. The molecule has 0 spiro atoms. The number of hydrogen-bond donors (Lipinski definition) is 0. The Labute approximate surface area is 326 Å². The van der Waals surface area contributed by atoms with E-state index in [1.807, 2.05) is 0 Å². The van der Waals surface area contributed by atoms with Gasteiger partial charge in [0.1, 0.15) is 55.4 Å². The molecule has 13 nitrogen and oxygen atoms in total. The lowest BCUT2D eigenvalue weighted by Gasteiger charge is -2.52. The Hall–Kier alpha value is -0.119. The monoisotopic (exact) mass is 858 g/mol. The molecule has 2 saturated heterocycles. The second kappa shape index (κ2) is 18.6. The van der Waals surface area contributed by atoms with E-state index in [2.05, 4.69) is 118 Å². The normalized spacial score (nSPS) is 30.9. The Morgan fingerprint density at radius 3 is 1.06 bits per heavy atom. The van der Waals surface area contributed by atoms with E-state index in [4.69, 9.17) is 50.2 Å². The van der Waals surface area contributed by atoms with Gasteiger partial charge in [-0.3, -0.25) is 9.59 Å². The molecule has 2 fully saturated rings. The summed E-state index contributed by atoms with van der Waals surface area (Å²) in [5.41, 5.74) is 0. The summed E-state index contributed by atoms with van der Waals surface area (Å²) in [6, 6.07) is 0. The van der Waals surface area contributed by atoms with Gasteiger partial charge in [0.2, 0.25) is 6.29 Å². The number of esters is 2. The van der Waals surface area contributed by atoms with Crippen molar-refractivity contribution in [2.75, 3.05) is 13.2 Å². The summed E-state index contributed by atoms with van der Waals surface area (Å²) in [6.07, 6.45) is -7.24. The zero-order valence-corrected chi connectivity index (χ0v) is 42.5. The second-order valence-electron chi connectivity index (χ2n) is 20.0. The van der Waals surface area contributed by atoms with E-state index in [-0.39, 0.29) is 13.2 Å². The van der Waals surface area contributed by atoms with Gasteiger partial charge in [0, 0.05) is 13.8 Å². The molecule has 0 aliphatic carbocycles. The molecule has 0 aromatic rings. The highest BCUT2D eigenvalue weighted by Crippen LogP contribution is 2.37. The highest BCUT2D eigenvalue weighted by molar-refractivity contribution is 6.71. The van der Waals surface area contributed by atoms with Crippen LogP contribution in [0.4, 0.5) is 0 Å². The Kier molecular flexibility index (Phi) is 17.2. The van der Waals surface area contributed by atoms with Gasteiger partial charge >= 0.3 is 11.9 Å². The van der Waals surface area contributed by atoms with Crippen molar-refractivity contribution in [2.24, 2.45) is 0 Å². The molecule has 10 atom stereocenters. The van der Waals surface area contributed by atoms with Crippen molar-refractivity contribution >= 4 is 61.8 Å². The quantitative estimate of drug-likeness (QED) is 0.105. The fourth-order valence-corrected chi connectivity index (χ4v) is 12.6. The summed E-state index contributed by atoms with van der Waals surface area (Å²) in [7, 11) is -13.3. The molecule has 2 aliphatic rings. The van der Waals surface area contributed by atoms with Gasteiger partial charge in [-0.15, -0.1) is 0 Å². The molecule has 53 heavy (non-hydrogen) atoms. The van der Waals surface area contributed by atoms with E-state index in [0.717, 1.165) is 0 Å². The van der Waals surface area contributed by atoms with Crippen molar-refractivity contribution in [3.05, 3.63) is 0 Å². The van der Waals surface area contributed by atoms with Crippen LogP contribution in [0.5, 0.6) is 0 Å². The van der Waals surface area contributed by atoms with Crippen LogP contribution in [-0.2, 0) is 59.8 Å². The van der Waals surface area contributed by atoms with Crippen LogP contribution in [0.2, 0.25) is 118 Å². The lowest BCUT2D eigenvalue weighted by atomic mass is 9.98. The largest absolute Gasteiger partial charge is 0.463 e. The number of carbonyl (C=O) groups is 2. The van der Waals surface area contributed by atoms with Gasteiger partial charge in [-0.05, 0) is 118 Å². The Bertz CT molecular complexity index is 1190. The molecule has 19 heteroatoms. The van der Waals surface area contributed by atoms with Gasteiger partial charge in [-0.1, -0.05) is 0 Å². The first-order valence-corrected chi connectivity index (χ1v) is 39.4. The molecule has 312 valence electrons. The molecule has 1 unspecified atom stereocenters. The van der Waals surface area contributed by atoms with Gasteiger partial charge in [0.05, 0.1) is 6.61 Å². The van der Waals surface area contributed by atoms with E-state index in [1.165, 1.54) is 13.8 Å². The predicted molar refractivity (Wildman–Crippen MR) is 221 cm³/mol. The van der Waals surface area contributed by atoms with Crippen molar-refractivity contribution in [1.29, 1.82) is 0 Å². The summed E-state index contributed by atoms with van der Waals surface area (Å²) in [5, 5.41) is 0. The summed E-state index contributed by atoms with van der Waals surface area (Å²) in [5.74, 6) is -0.926. The minimum absolute atomic E-state index is 0.0200. The van der Waals surface area contributed by atoms with Crippen LogP contribution >= 0.6 is 0 Å². The molecule has 2 rings (SSSR count). The van der Waals surface area contributed by atoms with E-state index in [9.17, 15) is 9.59 Å². The molecule has 2 heterocycles. The lowest BCUT2D eigenvalue weighted by molar-refractivity contribution is -0.318. The summed E-state index contributed by atoms with van der Waals surface area (Å²) >= 11 is 0. The molecule has 0 bridgehead atoms. The minimum atomic E-state index is -2.25. The summed E-state index contributed by atoms with van der Waals surface area (Å²) in [6.45, 7) is 40.6. The van der Waals surface area contributed by atoms with Gasteiger partial charge in [-0.25, -0.2) is 0 Å². The van der Waals surface area contributed by atoms with E-state index in [0.29, 0.717) is 0 Å². The first-order chi connectivity index (χ1) is 23.6. The molecule has 0 aromatic heterocycles. The molecular weight excluding hydrogens is 785 g/mol. The van der Waals surface area contributed by atoms with Gasteiger partial charge in [0.15, 0.2) is 56.2 Å². The molecule has 0 aromatic carbocycles. The first-order valence-electron chi connectivity index (χ1n) is 18.9. The van der Waals surface area contributed by atoms with Gasteiger partial charge < -0.3 is 50.2 Å². The fraction of sp³-hybridized carbons (Fsp3) is 0.941. The Morgan fingerprint density at radius 1 is 0.415 bits per heavy atom. The molecule has 0 radical (unpaired) electrons. The van der Waals surface area contributed by atoms with E-state index < -0.39 is 123 Å². The summed E-state index contributed by atoms with van der Waals surface area (Å²) in [4.78, 5) is 24.6. The number of rotatable bonds is 18. The third kappa shape index (κ3) is 18.3. The number of carbonyl (C=O) groups excluding carboxylic acids is 2. The minimum Gasteiger partial charge on any atom is -0.463 e. The van der Waals surface area contributed by atoms with Crippen LogP contribution in [0.25, 0.3) is 0 Å². The van der Waals surface area contributed by atoms with E-state index in [1.54, 1.807) is 0 Å². The van der Waals surface area contributed by atoms with Crippen LogP contribution in [0.15, 0.2) is 0 Å². The SMILES string of the molecule is CC(=O)OC[C@H]1O[C@H](OC[C@H]2OC(OC(C)=O)[C@H](O[Si](C)(C)C)[C@@H](O[Si](C)(C)C)[C@@H]2O[Si](C)(C)C)[C@H](O[Si](C)(C)C)[C@@H](O[Si](C)(C)C)[C@H]1O[Si](C)(C)C. The second-order valence-corrected chi connectivity index (χ2v) is 46.8. The first kappa shape index (κ1) is 49.0. The number of hydrogen-bond acceptors (Lipinski definition) is 13. The van der Waals surface area contributed by atoms with Crippen molar-refractivity contribution < 1.29 is 59.8 Å². The average Bonchev–Trinajstić information content (AvgIpc) is 2.88. The molecule has 0 amide bonds. The Morgan fingerprint density at radius 2 is 0.717 bits per heavy atom. The standard InChI is InChI=1S/C34H74O13Si6/c1-23(35)37-21-25-27(42-48(3,4)5)29(44-50(9,10)11)31(46-52(15,16)17)33(40-25)38-22-26-28(43-49(6,7)8)30(45-51(12,13)14)32(47-53(18,19)20)34(41-26)39-24(2)36/h25-34H,21-22H2,1-20H3/t25-,26-,27+,28-,29+,30+,31-,32-,33+,34?/m1/s1. The highest BCUT2D eigenvalue weighted by Gasteiger charge is 2.55. The van der Waals surface area contributed by atoms with Crippen LogP contribution in [0, 0.1) is 0 Å². The van der Waals surface area contributed by atoms with Crippen molar-refractivity contribution in [2.45, 2.75) is 193 Å². The van der Waals surface area contributed by atoms with Gasteiger partial charge in [-0.2, -0.15) is 0 Å². The third-order valence-corrected chi connectivity index (χ3v) is 13.2. The zero-order chi connectivity index (χ0) is 41.1. The maximum absolute atomic E-state index is 12.5. The molecule has 0 saturated carbocycles. The maximum atomic E-state index is 12.5. The summed E-state index contributed by atoms with van der Waals surface area (Å²) < 4.78 is 72.7. The van der Waals surface area contributed by atoms with E-state index >= 15 is 0 Å². The molecular formula is C34H74O13Si6. The van der Waals surface area contributed by atoms with Crippen LogP contribution in [0.1, 0.15) is 13.8 Å².